The molecule has 0 spiro atoms. The predicted octanol–water partition coefficient (Wildman–Crippen LogP) is 4.38. The number of nitrogens with zero attached hydrogens (tertiary/aromatic N) is 3. The number of aromatic nitrogens is 3. The Balaban J connectivity index is 2.17. The van der Waals surface area contributed by atoms with Crippen LogP contribution in [-0.2, 0) is 12.8 Å². The molecule has 1 aromatic carbocycles. The van der Waals surface area contributed by atoms with Crippen LogP contribution in [-0.4, -0.2) is 20.4 Å². The van der Waals surface area contributed by atoms with Crippen molar-refractivity contribution in [1.29, 1.82) is 0 Å². The summed E-state index contributed by atoms with van der Waals surface area (Å²) in [6.07, 6.45) is 1.77. The van der Waals surface area contributed by atoms with E-state index in [1.807, 2.05) is 6.92 Å². The van der Waals surface area contributed by atoms with Gasteiger partial charge in [0.15, 0.2) is 5.65 Å². The zero-order valence-corrected chi connectivity index (χ0v) is 14.0. The first-order valence-electron chi connectivity index (χ1n) is 7.65. The molecule has 0 fully saturated rings. The SMILES string of the molecule is CCc1nc2cc(C)c(C)nc2n1-c1ccc(CCCl)cc1. The summed E-state index contributed by atoms with van der Waals surface area (Å²) in [6, 6.07) is 10.6. The Hall–Kier alpha value is -1.87. The normalized spacial score (nSPS) is 11.3. The molecule has 3 rings (SSSR count). The van der Waals surface area contributed by atoms with Gasteiger partial charge in [-0.05, 0) is 49.6 Å². The van der Waals surface area contributed by atoms with Gasteiger partial charge in [0, 0.05) is 23.7 Å². The molecule has 0 saturated heterocycles. The minimum atomic E-state index is 0.646. The van der Waals surface area contributed by atoms with Gasteiger partial charge in [-0.1, -0.05) is 19.1 Å². The van der Waals surface area contributed by atoms with Gasteiger partial charge in [0.05, 0.1) is 0 Å². The third-order valence-electron chi connectivity index (χ3n) is 4.04. The summed E-state index contributed by atoms with van der Waals surface area (Å²) in [4.78, 5) is 9.51. The molecule has 0 saturated carbocycles. The Morgan fingerprint density at radius 3 is 2.45 bits per heavy atom. The maximum atomic E-state index is 5.81. The number of benzene rings is 1. The van der Waals surface area contributed by atoms with Gasteiger partial charge in [0.1, 0.15) is 11.3 Å². The molecule has 0 amide bonds. The monoisotopic (exact) mass is 313 g/mol. The maximum absolute atomic E-state index is 5.81. The van der Waals surface area contributed by atoms with E-state index in [0.29, 0.717) is 5.88 Å². The molecule has 0 unspecified atom stereocenters. The topological polar surface area (TPSA) is 30.7 Å². The van der Waals surface area contributed by atoms with E-state index in [1.54, 1.807) is 0 Å². The summed E-state index contributed by atoms with van der Waals surface area (Å²) in [7, 11) is 0. The first-order chi connectivity index (χ1) is 10.6. The molecule has 2 heterocycles. The van der Waals surface area contributed by atoms with Gasteiger partial charge >= 0.3 is 0 Å². The van der Waals surface area contributed by atoms with Crippen molar-refractivity contribution in [2.45, 2.75) is 33.6 Å². The molecule has 2 aromatic heterocycles. The van der Waals surface area contributed by atoms with Gasteiger partial charge in [-0.3, -0.25) is 4.57 Å². The number of hydrogen-bond donors (Lipinski definition) is 0. The van der Waals surface area contributed by atoms with Crippen molar-refractivity contribution in [3.8, 4) is 5.69 Å². The van der Waals surface area contributed by atoms with Crippen molar-refractivity contribution in [2.75, 3.05) is 5.88 Å². The fraction of sp³-hybridized carbons (Fsp3) is 0.333. The van der Waals surface area contributed by atoms with E-state index in [0.717, 1.165) is 41.2 Å². The fourth-order valence-electron chi connectivity index (χ4n) is 2.67. The molecule has 22 heavy (non-hydrogen) atoms. The third-order valence-corrected chi connectivity index (χ3v) is 4.23. The first kappa shape index (κ1) is 15.0. The van der Waals surface area contributed by atoms with Crippen LogP contribution in [0, 0.1) is 13.8 Å². The summed E-state index contributed by atoms with van der Waals surface area (Å²) < 4.78 is 2.16. The van der Waals surface area contributed by atoms with E-state index >= 15 is 0 Å². The molecular formula is C18H20ClN3. The number of aryl methyl sites for hydroxylation is 4. The Morgan fingerprint density at radius 2 is 1.82 bits per heavy atom. The van der Waals surface area contributed by atoms with Crippen molar-refractivity contribution in [2.24, 2.45) is 0 Å². The summed E-state index contributed by atoms with van der Waals surface area (Å²) in [5.41, 5.74) is 6.48. The number of hydrogen-bond acceptors (Lipinski definition) is 2. The van der Waals surface area contributed by atoms with Gasteiger partial charge in [-0.25, -0.2) is 9.97 Å². The maximum Gasteiger partial charge on any atom is 0.164 e. The summed E-state index contributed by atoms with van der Waals surface area (Å²) in [5, 5.41) is 0. The van der Waals surface area contributed by atoms with Gasteiger partial charge in [0.25, 0.3) is 0 Å². The summed E-state index contributed by atoms with van der Waals surface area (Å²) in [5.74, 6) is 1.69. The van der Waals surface area contributed by atoms with Crippen LogP contribution in [0.2, 0.25) is 0 Å². The van der Waals surface area contributed by atoms with Crippen LogP contribution in [0.3, 0.4) is 0 Å². The molecule has 0 aliphatic carbocycles. The van der Waals surface area contributed by atoms with Crippen molar-refractivity contribution in [3.05, 3.63) is 53.0 Å². The van der Waals surface area contributed by atoms with Crippen LogP contribution in [0.5, 0.6) is 0 Å². The highest BCUT2D eigenvalue weighted by atomic mass is 35.5. The minimum absolute atomic E-state index is 0.646. The third kappa shape index (κ3) is 2.61. The van der Waals surface area contributed by atoms with Crippen LogP contribution in [0.1, 0.15) is 29.6 Å². The van der Waals surface area contributed by atoms with Gasteiger partial charge in [-0.2, -0.15) is 0 Å². The lowest BCUT2D eigenvalue weighted by Gasteiger charge is -2.09. The average molecular weight is 314 g/mol. The van der Waals surface area contributed by atoms with Crippen molar-refractivity contribution in [1.82, 2.24) is 14.5 Å². The highest BCUT2D eigenvalue weighted by molar-refractivity contribution is 6.17. The van der Waals surface area contributed by atoms with E-state index in [-0.39, 0.29) is 0 Å². The smallest absolute Gasteiger partial charge is 0.164 e. The van der Waals surface area contributed by atoms with E-state index in [2.05, 4.69) is 48.7 Å². The molecule has 4 heteroatoms. The minimum Gasteiger partial charge on any atom is -0.281 e. The van der Waals surface area contributed by atoms with E-state index < -0.39 is 0 Å². The molecule has 0 aliphatic rings. The molecule has 3 nitrogen and oxygen atoms in total. The highest BCUT2D eigenvalue weighted by Gasteiger charge is 2.13. The Kier molecular flexibility index (Phi) is 4.16. The lowest BCUT2D eigenvalue weighted by molar-refractivity contribution is 0.899. The average Bonchev–Trinajstić information content (AvgIpc) is 2.86. The zero-order chi connectivity index (χ0) is 15.7. The van der Waals surface area contributed by atoms with Crippen molar-refractivity contribution < 1.29 is 0 Å². The van der Waals surface area contributed by atoms with Crippen molar-refractivity contribution in [3.63, 3.8) is 0 Å². The Labute approximate surface area is 136 Å². The molecule has 114 valence electrons. The summed E-state index contributed by atoms with van der Waals surface area (Å²) in [6.45, 7) is 6.24. The van der Waals surface area contributed by atoms with E-state index in [4.69, 9.17) is 21.6 Å². The number of rotatable bonds is 4. The lowest BCUT2D eigenvalue weighted by Crippen LogP contribution is -2.02. The van der Waals surface area contributed by atoms with E-state index in [1.165, 1.54) is 11.1 Å². The van der Waals surface area contributed by atoms with Crippen LogP contribution in [0.25, 0.3) is 16.9 Å². The number of alkyl halides is 1. The quantitative estimate of drug-likeness (QED) is 0.669. The molecule has 0 bridgehead atoms. The molecule has 0 N–H and O–H groups in total. The molecular weight excluding hydrogens is 294 g/mol. The number of imidazole rings is 1. The van der Waals surface area contributed by atoms with Crippen LogP contribution in [0.15, 0.2) is 30.3 Å². The molecule has 0 atom stereocenters. The van der Waals surface area contributed by atoms with Crippen LogP contribution >= 0.6 is 11.6 Å². The Bertz CT molecular complexity index is 803. The van der Waals surface area contributed by atoms with Crippen LogP contribution in [0.4, 0.5) is 0 Å². The number of pyridine rings is 1. The second-order valence-electron chi connectivity index (χ2n) is 5.56. The fourth-order valence-corrected chi connectivity index (χ4v) is 2.88. The highest BCUT2D eigenvalue weighted by Crippen LogP contribution is 2.23. The second kappa shape index (κ2) is 6.09. The summed E-state index contributed by atoms with van der Waals surface area (Å²) >= 11 is 5.81. The van der Waals surface area contributed by atoms with Gasteiger partial charge in [0.2, 0.25) is 0 Å². The predicted molar refractivity (Wildman–Crippen MR) is 92.1 cm³/mol. The lowest BCUT2D eigenvalue weighted by atomic mass is 10.1. The molecule has 0 aliphatic heterocycles. The molecule has 3 aromatic rings. The first-order valence-corrected chi connectivity index (χ1v) is 8.18. The van der Waals surface area contributed by atoms with Crippen LogP contribution < -0.4 is 0 Å². The van der Waals surface area contributed by atoms with Gasteiger partial charge < -0.3 is 0 Å². The number of fused-ring (bicyclic) bond motifs is 1. The van der Waals surface area contributed by atoms with Crippen molar-refractivity contribution >= 4 is 22.8 Å². The Morgan fingerprint density at radius 1 is 1.09 bits per heavy atom. The largest absolute Gasteiger partial charge is 0.281 e. The second-order valence-corrected chi connectivity index (χ2v) is 5.93. The number of halogens is 1. The molecule has 0 radical (unpaired) electrons. The zero-order valence-electron chi connectivity index (χ0n) is 13.2. The van der Waals surface area contributed by atoms with Gasteiger partial charge in [-0.15, -0.1) is 11.6 Å². The standard InChI is InChI=1S/C18H20ClN3/c1-4-17-21-16-11-12(2)13(3)20-18(16)22(17)15-7-5-14(6-8-15)9-10-19/h5-8,11H,4,9-10H2,1-3H3. The van der Waals surface area contributed by atoms with E-state index in [9.17, 15) is 0 Å².